The molecule has 0 radical (unpaired) electrons. The summed E-state index contributed by atoms with van der Waals surface area (Å²) in [5.41, 5.74) is 0. The van der Waals surface area contributed by atoms with Crippen molar-refractivity contribution in [2.24, 2.45) is 23.7 Å². The molecule has 4 unspecified atom stereocenters. The van der Waals surface area contributed by atoms with Gasteiger partial charge in [0.05, 0.1) is 26.4 Å². The molecule has 0 fully saturated rings. The maximum Gasteiger partial charge on any atom is 0.472 e. The Morgan fingerprint density at radius 1 is 0.262 bits per heavy atom. The van der Waals surface area contributed by atoms with E-state index in [1.54, 1.807) is 0 Å². The summed E-state index contributed by atoms with van der Waals surface area (Å²) in [5, 5.41) is 10.7. The molecule has 0 saturated carbocycles. The molecule has 0 saturated heterocycles. The fourth-order valence-corrected chi connectivity index (χ4v) is 15.2. The SMILES string of the molecule is CCC(C)CCCCCCCCCCCCCCCCCCCCC(=O)O[C@H](COC(=O)CCCCCCCCCCCCCCCCC(C)C)COP(=O)(O)OCC(O)COP(=O)(O)OC[C@@H](COC(=O)CCCCCCCCC(C)C)OC(=O)CCCCCCCCCCCCCCCCCCC(C)C. The maximum atomic E-state index is 13.2. The van der Waals surface area contributed by atoms with E-state index >= 15 is 0 Å². The first-order valence-corrected chi connectivity index (χ1v) is 48.2. The van der Waals surface area contributed by atoms with Crippen LogP contribution in [0.15, 0.2) is 0 Å². The first kappa shape index (κ1) is 105. The largest absolute Gasteiger partial charge is 0.472 e. The molecule has 0 aromatic carbocycles. The van der Waals surface area contributed by atoms with E-state index in [9.17, 15) is 43.2 Å². The number of unbranched alkanes of at least 4 members (excludes halogenated alkanes) is 50. The van der Waals surface area contributed by atoms with Crippen LogP contribution in [0.1, 0.15) is 460 Å². The van der Waals surface area contributed by atoms with E-state index in [2.05, 4.69) is 55.4 Å². The molecule has 0 aliphatic rings. The predicted molar refractivity (Wildman–Crippen MR) is 441 cm³/mol. The number of carbonyl (C=O) groups is 4. The Hall–Kier alpha value is -1.94. The van der Waals surface area contributed by atoms with Gasteiger partial charge in [-0.05, 0) is 49.4 Å². The molecular formula is C88H172O17P2. The van der Waals surface area contributed by atoms with E-state index in [0.717, 1.165) is 114 Å². The van der Waals surface area contributed by atoms with Crippen LogP contribution in [0, 0.1) is 23.7 Å². The standard InChI is InChI=1S/C88H172O17P2/c1-9-81(8)67-59-51-42-36-30-24-17-12-10-11-13-18-26-32-38-44-54-62-70-87(92)104-83(74-98-85(90)68-60-52-43-37-31-25-21-20-23-29-35-41-49-57-65-79(4)5)76-102-106(94,95)100-72-82(89)73-101-107(96,97)103-77-84(75-99-86(91)69-61-53-47-46-50-58-66-80(6)7)105-88(93)71-63-55-45-39-33-27-19-15-14-16-22-28-34-40-48-56-64-78(2)3/h78-84,89H,9-77H2,1-8H3,(H,94,95)(H,96,97)/t81?,82?,83-,84-/m1/s1. The van der Waals surface area contributed by atoms with Crippen LogP contribution in [0.25, 0.3) is 0 Å². The first-order chi connectivity index (χ1) is 51.6. The number of hydrogen-bond acceptors (Lipinski definition) is 15. The number of esters is 4. The number of rotatable bonds is 85. The molecule has 0 amide bonds. The number of phosphoric acid groups is 2. The van der Waals surface area contributed by atoms with Gasteiger partial charge in [0.15, 0.2) is 12.2 Å². The topological polar surface area (TPSA) is 237 Å². The van der Waals surface area contributed by atoms with Crippen molar-refractivity contribution in [1.82, 2.24) is 0 Å². The highest BCUT2D eigenvalue weighted by Crippen LogP contribution is 2.45. The lowest BCUT2D eigenvalue weighted by Gasteiger charge is -2.21. The molecular weight excluding hydrogens is 1390 g/mol. The van der Waals surface area contributed by atoms with Crippen molar-refractivity contribution < 1.29 is 80.2 Å². The summed E-state index contributed by atoms with van der Waals surface area (Å²) in [7, 11) is -9.93. The van der Waals surface area contributed by atoms with Crippen molar-refractivity contribution in [3.8, 4) is 0 Å². The summed E-state index contributed by atoms with van der Waals surface area (Å²) in [5.74, 6) is 1.05. The van der Waals surface area contributed by atoms with Crippen LogP contribution in [0.2, 0.25) is 0 Å². The van der Waals surface area contributed by atoms with Crippen LogP contribution in [0.4, 0.5) is 0 Å². The molecule has 6 atom stereocenters. The van der Waals surface area contributed by atoms with Crippen LogP contribution in [0.5, 0.6) is 0 Å². The number of carbonyl (C=O) groups excluding carboxylic acids is 4. The van der Waals surface area contributed by atoms with Crippen LogP contribution in [-0.2, 0) is 65.4 Å². The molecule has 0 heterocycles. The zero-order chi connectivity index (χ0) is 78.8. The number of hydrogen-bond donors (Lipinski definition) is 3. The quantitative estimate of drug-likeness (QED) is 0.0222. The average molecular weight is 1560 g/mol. The van der Waals surface area contributed by atoms with Gasteiger partial charge < -0.3 is 33.8 Å². The zero-order valence-electron chi connectivity index (χ0n) is 70.8. The Kier molecular flexibility index (Phi) is 75.3. The monoisotopic (exact) mass is 1560 g/mol. The van der Waals surface area contributed by atoms with E-state index in [4.69, 9.17) is 37.0 Å². The van der Waals surface area contributed by atoms with Gasteiger partial charge in [-0.2, -0.15) is 0 Å². The van der Waals surface area contributed by atoms with E-state index in [0.29, 0.717) is 31.6 Å². The molecule has 0 aliphatic carbocycles. The second-order valence-electron chi connectivity index (χ2n) is 33.3. The minimum absolute atomic E-state index is 0.107. The van der Waals surface area contributed by atoms with Gasteiger partial charge >= 0.3 is 39.5 Å². The van der Waals surface area contributed by atoms with Crippen LogP contribution >= 0.6 is 15.6 Å². The van der Waals surface area contributed by atoms with Gasteiger partial charge in [-0.25, -0.2) is 9.13 Å². The minimum Gasteiger partial charge on any atom is -0.462 e. The normalized spacial score (nSPS) is 14.1. The molecule has 3 N–H and O–H groups in total. The van der Waals surface area contributed by atoms with Gasteiger partial charge in [-0.3, -0.25) is 37.3 Å². The Labute approximate surface area is 658 Å². The molecule has 0 spiro atoms. The lowest BCUT2D eigenvalue weighted by molar-refractivity contribution is -0.161. The fourth-order valence-electron chi connectivity index (χ4n) is 13.6. The van der Waals surface area contributed by atoms with E-state index in [1.807, 2.05) is 0 Å². The molecule has 0 aliphatic heterocycles. The molecule has 19 heteroatoms. The zero-order valence-corrected chi connectivity index (χ0v) is 72.6. The highest BCUT2D eigenvalue weighted by molar-refractivity contribution is 7.47. The molecule has 107 heavy (non-hydrogen) atoms. The van der Waals surface area contributed by atoms with E-state index < -0.39 is 97.5 Å². The molecule has 0 aromatic heterocycles. The first-order valence-electron chi connectivity index (χ1n) is 45.2. The Morgan fingerprint density at radius 3 is 0.664 bits per heavy atom. The van der Waals surface area contributed by atoms with Gasteiger partial charge in [0.1, 0.15) is 19.3 Å². The number of aliphatic hydroxyl groups excluding tert-OH is 1. The van der Waals surface area contributed by atoms with Crippen LogP contribution in [0.3, 0.4) is 0 Å². The highest BCUT2D eigenvalue weighted by atomic mass is 31.2. The summed E-state index contributed by atoms with van der Waals surface area (Å²) < 4.78 is 68.9. The molecule has 0 rings (SSSR count). The lowest BCUT2D eigenvalue weighted by Crippen LogP contribution is -2.30. The van der Waals surface area contributed by atoms with Crippen molar-refractivity contribution in [1.29, 1.82) is 0 Å². The van der Waals surface area contributed by atoms with Crippen LogP contribution < -0.4 is 0 Å². The summed E-state index contributed by atoms with van der Waals surface area (Å²) in [4.78, 5) is 73.2. The third kappa shape index (κ3) is 80.5. The van der Waals surface area contributed by atoms with Crippen molar-refractivity contribution in [3.63, 3.8) is 0 Å². The smallest absolute Gasteiger partial charge is 0.462 e. The summed E-state index contributed by atoms with van der Waals surface area (Å²) >= 11 is 0. The summed E-state index contributed by atoms with van der Waals surface area (Å²) in [6.45, 7) is 14.3. The minimum atomic E-state index is -4.97. The Morgan fingerprint density at radius 2 is 0.449 bits per heavy atom. The van der Waals surface area contributed by atoms with Crippen molar-refractivity contribution in [3.05, 3.63) is 0 Å². The third-order valence-electron chi connectivity index (χ3n) is 20.9. The molecule has 0 aromatic rings. The second-order valence-corrected chi connectivity index (χ2v) is 36.2. The molecule has 17 nitrogen and oxygen atoms in total. The summed E-state index contributed by atoms with van der Waals surface area (Å²) in [6, 6.07) is 0. The van der Waals surface area contributed by atoms with Gasteiger partial charge in [-0.1, -0.05) is 409 Å². The van der Waals surface area contributed by atoms with E-state index in [1.165, 1.54) is 257 Å². The predicted octanol–water partition coefficient (Wildman–Crippen LogP) is 26.7. The third-order valence-corrected chi connectivity index (χ3v) is 22.8. The number of phosphoric ester groups is 2. The van der Waals surface area contributed by atoms with E-state index in [-0.39, 0.29) is 25.7 Å². The Bertz CT molecular complexity index is 2080. The highest BCUT2D eigenvalue weighted by Gasteiger charge is 2.31. The van der Waals surface area contributed by atoms with Crippen molar-refractivity contribution >= 4 is 39.5 Å². The van der Waals surface area contributed by atoms with Gasteiger partial charge in [0.25, 0.3) is 0 Å². The Balaban J connectivity index is 5.20. The van der Waals surface area contributed by atoms with Gasteiger partial charge in [-0.15, -0.1) is 0 Å². The summed E-state index contributed by atoms with van der Waals surface area (Å²) in [6.07, 6.45) is 66.8. The van der Waals surface area contributed by atoms with Gasteiger partial charge in [0, 0.05) is 25.7 Å². The van der Waals surface area contributed by atoms with Crippen molar-refractivity contribution in [2.45, 2.75) is 478 Å². The fraction of sp³-hybridized carbons (Fsp3) is 0.955. The number of aliphatic hydroxyl groups is 1. The number of ether oxygens (including phenoxy) is 4. The van der Waals surface area contributed by atoms with Crippen LogP contribution in [-0.4, -0.2) is 96.7 Å². The van der Waals surface area contributed by atoms with Crippen molar-refractivity contribution in [2.75, 3.05) is 39.6 Å². The lowest BCUT2D eigenvalue weighted by atomic mass is 9.99. The molecule has 636 valence electrons. The molecule has 0 bridgehead atoms. The maximum absolute atomic E-state index is 13.2. The average Bonchev–Trinajstić information content (AvgIpc) is 0.900. The second kappa shape index (κ2) is 76.7. The van der Waals surface area contributed by atoms with Gasteiger partial charge in [0.2, 0.25) is 0 Å².